The van der Waals surface area contributed by atoms with E-state index in [1.165, 1.54) is 11.3 Å². The highest BCUT2D eigenvalue weighted by Gasteiger charge is 2.31. The van der Waals surface area contributed by atoms with Gasteiger partial charge in [0.2, 0.25) is 11.8 Å². The monoisotopic (exact) mass is 449 g/mol. The van der Waals surface area contributed by atoms with E-state index in [9.17, 15) is 9.59 Å². The Balaban J connectivity index is 1.59. The molecule has 3 aromatic rings. The molecule has 6 nitrogen and oxygen atoms in total. The molecule has 0 saturated carbocycles. The Labute approximate surface area is 192 Å². The number of rotatable bonds is 8. The molecule has 1 aliphatic rings. The molecule has 1 aliphatic heterocycles. The average molecular weight is 450 g/mol. The van der Waals surface area contributed by atoms with Crippen molar-refractivity contribution >= 4 is 28.3 Å². The van der Waals surface area contributed by atoms with Crippen LogP contribution in [0.25, 0.3) is 0 Å². The van der Waals surface area contributed by atoms with Crippen molar-refractivity contribution in [1.82, 2.24) is 9.88 Å². The first-order valence-corrected chi connectivity index (χ1v) is 11.7. The Morgan fingerprint density at radius 2 is 1.78 bits per heavy atom. The van der Waals surface area contributed by atoms with Crippen LogP contribution in [0.3, 0.4) is 0 Å². The minimum Gasteiger partial charge on any atom is -0.376 e. The zero-order chi connectivity index (χ0) is 22.3. The number of ether oxygens (including phenoxy) is 1. The highest BCUT2D eigenvalue weighted by atomic mass is 32.1. The molecule has 0 spiro atoms. The number of aromatic nitrogens is 1. The van der Waals surface area contributed by atoms with E-state index in [2.05, 4.69) is 10.3 Å². The second-order valence-corrected chi connectivity index (χ2v) is 8.81. The SMILES string of the molecule is Cc1csc(NC(=O)CN(CC2CCCO2)C(=O)C(c2ccccc2)c2ccccc2)n1. The normalized spacial score (nSPS) is 15.6. The standard InChI is InChI=1S/C25H27N3O3S/c1-18-17-32-25(26-18)27-22(29)16-28(15-21-13-8-14-31-21)24(30)23(19-9-4-2-5-10-19)20-11-6-3-7-12-20/h2-7,9-12,17,21,23H,8,13-16H2,1H3,(H,26,27,29). The minimum atomic E-state index is -0.492. The van der Waals surface area contributed by atoms with Crippen LogP contribution in [0.4, 0.5) is 5.13 Å². The number of hydrogen-bond donors (Lipinski definition) is 1. The molecule has 0 aliphatic carbocycles. The van der Waals surface area contributed by atoms with Crippen molar-refractivity contribution in [1.29, 1.82) is 0 Å². The van der Waals surface area contributed by atoms with Gasteiger partial charge in [0.1, 0.15) is 6.54 Å². The summed E-state index contributed by atoms with van der Waals surface area (Å²) in [7, 11) is 0. The number of aryl methyl sites for hydroxylation is 1. The van der Waals surface area contributed by atoms with Crippen LogP contribution in [0.1, 0.15) is 35.6 Å². The average Bonchev–Trinajstić information content (AvgIpc) is 3.46. The molecule has 2 amide bonds. The van der Waals surface area contributed by atoms with Gasteiger partial charge in [0.25, 0.3) is 0 Å². The Kier molecular flexibility index (Phi) is 7.29. The molecule has 2 heterocycles. The van der Waals surface area contributed by atoms with Gasteiger partial charge in [-0.3, -0.25) is 9.59 Å². The number of hydrogen-bond acceptors (Lipinski definition) is 5. The first kappa shape index (κ1) is 22.2. The summed E-state index contributed by atoms with van der Waals surface area (Å²) in [6.45, 7) is 2.91. The van der Waals surface area contributed by atoms with Gasteiger partial charge in [0, 0.05) is 18.5 Å². The van der Waals surface area contributed by atoms with Crippen LogP contribution < -0.4 is 5.32 Å². The summed E-state index contributed by atoms with van der Waals surface area (Å²) in [5.41, 5.74) is 2.65. The number of benzene rings is 2. The lowest BCUT2D eigenvalue weighted by Gasteiger charge is -2.29. The summed E-state index contributed by atoms with van der Waals surface area (Å²) >= 11 is 1.38. The summed E-state index contributed by atoms with van der Waals surface area (Å²) in [4.78, 5) is 32.7. The van der Waals surface area contributed by atoms with E-state index in [1.807, 2.05) is 73.0 Å². The topological polar surface area (TPSA) is 71.5 Å². The third-order valence-corrected chi connectivity index (χ3v) is 6.35. The molecule has 1 atom stereocenters. The van der Waals surface area contributed by atoms with Gasteiger partial charge in [0.15, 0.2) is 5.13 Å². The van der Waals surface area contributed by atoms with Crippen LogP contribution in [-0.4, -0.2) is 47.5 Å². The van der Waals surface area contributed by atoms with Gasteiger partial charge in [-0.1, -0.05) is 60.7 Å². The molecule has 0 radical (unpaired) electrons. The van der Waals surface area contributed by atoms with Crippen LogP contribution >= 0.6 is 11.3 Å². The fourth-order valence-electron chi connectivity index (χ4n) is 3.96. The molecular weight excluding hydrogens is 422 g/mol. The quantitative estimate of drug-likeness (QED) is 0.559. The summed E-state index contributed by atoms with van der Waals surface area (Å²) in [6.07, 6.45) is 1.80. The third-order valence-electron chi connectivity index (χ3n) is 5.47. The number of nitrogens with zero attached hydrogens (tertiary/aromatic N) is 2. The molecule has 32 heavy (non-hydrogen) atoms. The van der Waals surface area contributed by atoms with Crippen molar-refractivity contribution < 1.29 is 14.3 Å². The smallest absolute Gasteiger partial charge is 0.245 e. The van der Waals surface area contributed by atoms with Gasteiger partial charge in [-0.2, -0.15) is 0 Å². The lowest BCUT2D eigenvalue weighted by atomic mass is 9.90. The second kappa shape index (κ2) is 10.5. The Morgan fingerprint density at radius 3 is 2.31 bits per heavy atom. The fraction of sp³-hybridized carbons (Fsp3) is 0.320. The van der Waals surface area contributed by atoms with Crippen LogP contribution in [0, 0.1) is 6.92 Å². The number of anilines is 1. The van der Waals surface area contributed by atoms with E-state index < -0.39 is 5.92 Å². The largest absolute Gasteiger partial charge is 0.376 e. The maximum atomic E-state index is 13.9. The maximum Gasteiger partial charge on any atom is 0.245 e. The van der Waals surface area contributed by atoms with E-state index in [1.54, 1.807) is 4.90 Å². The molecule has 1 aromatic heterocycles. The number of thiazole rings is 1. The van der Waals surface area contributed by atoms with E-state index in [0.717, 1.165) is 29.7 Å². The van der Waals surface area contributed by atoms with Crippen molar-refractivity contribution in [2.45, 2.75) is 31.8 Å². The van der Waals surface area contributed by atoms with Crippen LogP contribution in [0.15, 0.2) is 66.0 Å². The third kappa shape index (κ3) is 5.60. The van der Waals surface area contributed by atoms with Crippen LogP contribution in [0.5, 0.6) is 0 Å². The van der Waals surface area contributed by atoms with Crippen LogP contribution in [0.2, 0.25) is 0 Å². The second-order valence-electron chi connectivity index (χ2n) is 7.95. The van der Waals surface area contributed by atoms with Crippen molar-refractivity contribution in [2.24, 2.45) is 0 Å². The lowest BCUT2D eigenvalue weighted by molar-refractivity contribution is -0.136. The van der Waals surface area contributed by atoms with Gasteiger partial charge >= 0.3 is 0 Å². The van der Waals surface area contributed by atoms with Crippen molar-refractivity contribution in [3.8, 4) is 0 Å². The molecule has 1 unspecified atom stereocenters. The summed E-state index contributed by atoms with van der Waals surface area (Å²) in [5.74, 6) is -0.859. The first-order valence-electron chi connectivity index (χ1n) is 10.8. The van der Waals surface area contributed by atoms with Gasteiger partial charge in [-0.15, -0.1) is 11.3 Å². The highest BCUT2D eigenvalue weighted by molar-refractivity contribution is 7.13. The number of carbonyl (C=O) groups is 2. The summed E-state index contributed by atoms with van der Waals surface area (Å²) in [5, 5.41) is 5.25. The molecule has 2 aromatic carbocycles. The van der Waals surface area contributed by atoms with Gasteiger partial charge in [0.05, 0.1) is 17.7 Å². The van der Waals surface area contributed by atoms with E-state index in [-0.39, 0.29) is 24.5 Å². The summed E-state index contributed by atoms with van der Waals surface area (Å²) in [6, 6.07) is 19.4. The van der Waals surface area contributed by atoms with E-state index in [4.69, 9.17) is 4.74 Å². The lowest BCUT2D eigenvalue weighted by Crippen LogP contribution is -2.44. The number of carbonyl (C=O) groups excluding carboxylic acids is 2. The Hall–Kier alpha value is -3.03. The van der Waals surface area contributed by atoms with Crippen molar-refractivity contribution in [2.75, 3.05) is 25.0 Å². The molecule has 7 heteroatoms. The van der Waals surface area contributed by atoms with E-state index >= 15 is 0 Å². The molecule has 1 saturated heterocycles. The van der Waals surface area contributed by atoms with Crippen molar-refractivity contribution in [3.05, 3.63) is 82.9 Å². The number of nitrogens with one attached hydrogen (secondary N) is 1. The van der Waals surface area contributed by atoms with Gasteiger partial charge < -0.3 is 15.0 Å². The maximum absolute atomic E-state index is 13.9. The van der Waals surface area contributed by atoms with Crippen LogP contribution in [-0.2, 0) is 14.3 Å². The van der Waals surface area contributed by atoms with Gasteiger partial charge in [-0.25, -0.2) is 4.98 Å². The minimum absolute atomic E-state index is 0.0481. The van der Waals surface area contributed by atoms with Gasteiger partial charge in [-0.05, 0) is 30.9 Å². The Bertz CT molecular complexity index is 993. The predicted molar refractivity (Wildman–Crippen MR) is 126 cm³/mol. The molecule has 0 bridgehead atoms. The molecule has 4 rings (SSSR count). The molecule has 1 fully saturated rings. The Morgan fingerprint density at radius 1 is 1.12 bits per heavy atom. The predicted octanol–water partition coefficient (Wildman–Crippen LogP) is 4.23. The highest BCUT2D eigenvalue weighted by Crippen LogP contribution is 2.28. The van der Waals surface area contributed by atoms with E-state index in [0.29, 0.717) is 18.3 Å². The number of amides is 2. The molecule has 166 valence electrons. The zero-order valence-electron chi connectivity index (χ0n) is 18.1. The fourth-order valence-corrected chi connectivity index (χ4v) is 4.67. The van der Waals surface area contributed by atoms with Crippen molar-refractivity contribution in [3.63, 3.8) is 0 Å². The zero-order valence-corrected chi connectivity index (χ0v) is 18.9. The summed E-state index contributed by atoms with van der Waals surface area (Å²) < 4.78 is 5.79. The molecule has 1 N–H and O–H groups in total. The first-order chi connectivity index (χ1) is 15.6. The molecular formula is C25H27N3O3S.